The average Bonchev–Trinajstić information content (AvgIpc) is 2.65. The minimum absolute atomic E-state index is 0.591. The molecule has 4 heteroatoms. The van der Waals surface area contributed by atoms with Gasteiger partial charge in [-0.3, -0.25) is 4.99 Å². The Hall–Kier alpha value is -2.78. The van der Waals surface area contributed by atoms with Gasteiger partial charge in [0.05, 0.1) is 12.3 Å². The van der Waals surface area contributed by atoms with E-state index in [1.807, 2.05) is 80.6 Å². The van der Waals surface area contributed by atoms with Gasteiger partial charge < -0.3 is 9.47 Å². The molecule has 0 spiro atoms. The van der Waals surface area contributed by atoms with Gasteiger partial charge in [0, 0.05) is 16.8 Å². The molecule has 3 aromatic carbocycles. The lowest BCUT2D eigenvalue weighted by atomic mass is 10.2. The molecular formula is C22H20ClNO2. The number of hydrogen-bond donors (Lipinski definition) is 0. The molecule has 3 nitrogen and oxygen atoms in total. The number of nitrogens with zero attached hydrogens (tertiary/aromatic N) is 1. The third kappa shape index (κ3) is 4.64. The quantitative estimate of drug-likeness (QED) is 0.461. The number of hydrogen-bond acceptors (Lipinski definition) is 3. The summed E-state index contributed by atoms with van der Waals surface area (Å²) in [5.74, 6) is 2.39. The Morgan fingerprint density at radius 2 is 1.73 bits per heavy atom. The molecule has 0 radical (unpaired) electrons. The van der Waals surface area contributed by atoms with Crippen molar-refractivity contribution in [2.45, 2.75) is 13.8 Å². The third-order valence-electron chi connectivity index (χ3n) is 3.78. The standard InChI is InChI=1S/C22H20ClNO2/c1-3-25-22-13-8-18(23)14-17(22)15-24-19-9-11-20(12-10-19)26-21-7-5-4-6-16(21)2/h4-15H,3H2,1-2H3. The molecule has 0 unspecified atom stereocenters. The van der Waals surface area contributed by atoms with Crippen LogP contribution in [0, 0.1) is 6.92 Å². The highest BCUT2D eigenvalue weighted by Crippen LogP contribution is 2.27. The topological polar surface area (TPSA) is 30.8 Å². The normalized spacial score (nSPS) is 10.9. The predicted octanol–water partition coefficient (Wildman–Crippen LogP) is 6.59. The first-order valence-electron chi connectivity index (χ1n) is 8.45. The number of benzene rings is 3. The van der Waals surface area contributed by atoms with Crippen molar-refractivity contribution in [2.24, 2.45) is 4.99 Å². The van der Waals surface area contributed by atoms with Crippen LogP contribution in [0.1, 0.15) is 18.1 Å². The molecule has 0 bridgehead atoms. The molecule has 0 heterocycles. The molecule has 0 aromatic heterocycles. The molecule has 26 heavy (non-hydrogen) atoms. The maximum atomic E-state index is 6.08. The predicted molar refractivity (Wildman–Crippen MR) is 108 cm³/mol. The van der Waals surface area contributed by atoms with E-state index in [1.165, 1.54) is 0 Å². The van der Waals surface area contributed by atoms with Crippen LogP contribution in [0.15, 0.2) is 71.7 Å². The van der Waals surface area contributed by atoms with Crippen molar-refractivity contribution in [3.63, 3.8) is 0 Å². The van der Waals surface area contributed by atoms with Gasteiger partial charge in [-0.1, -0.05) is 29.8 Å². The first-order valence-corrected chi connectivity index (χ1v) is 8.83. The second-order valence-corrected chi connectivity index (χ2v) is 6.17. The number of aryl methyl sites for hydroxylation is 1. The number of rotatable bonds is 6. The van der Waals surface area contributed by atoms with Crippen LogP contribution in [0.25, 0.3) is 0 Å². The highest BCUT2D eigenvalue weighted by molar-refractivity contribution is 6.30. The Bertz CT molecular complexity index is 904. The van der Waals surface area contributed by atoms with Crippen LogP contribution in [0.2, 0.25) is 5.02 Å². The monoisotopic (exact) mass is 365 g/mol. The fraction of sp³-hybridized carbons (Fsp3) is 0.136. The number of ether oxygens (including phenoxy) is 2. The fourth-order valence-corrected chi connectivity index (χ4v) is 2.63. The van der Waals surface area contributed by atoms with Crippen LogP contribution < -0.4 is 9.47 Å². The molecular weight excluding hydrogens is 346 g/mol. The van der Waals surface area contributed by atoms with Gasteiger partial charge in [0.2, 0.25) is 0 Å². The highest BCUT2D eigenvalue weighted by Gasteiger charge is 2.03. The van der Waals surface area contributed by atoms with Gasteiger partial charge in [-0.15, -0.1) is 0 Å². The molecule has 0 aliphatic rings. The van der Waals surface area contributed by atoms with E-state index in [-0.39, 0.29) is 0 Å². The van der Waals surface area contributed by atoms with E-state index in [4.69, 9.17) is 21.1 Å². The van der Waals surface area contributed by atoms with E-state index in [2.05, 4.69) is 4.99 Å². The molecule has 3 aromatic rings. The molecule has 0 fully saturated rings. The van der Waals surface area contributed by atoms with Crippen molar-refractivity contribution < 1.29 is 9.47 Å². The molecule has 132 valence electrons. The second kappa shape index (κ2) is 8.54. The van der Waals surface area contributed by atoms with E-state index in [0.717, 1.165) is 34.1 Å². The van der Waals surface area contributed by atoms with Crippen molar-refractivity contribution in [3.8, 4) is 17.2 Å². The Morgan fingerprint density at radius 3 is 2.46 bits per heavy atom. The van der Waals surface area contributed by atoms with Crippen molar-refractivity contribution in [1.29, 1.82) is 0 Å². The van der Waals surface area contributed by atoms with E-state index in [9.17, 15) is 0 Å². The Labute approximate surface area is 158 Å². The summed E-state index contributed by atoms with van der Waals surface area (Å²) in [7, 11) is 0. The lowest BCUT2D eigenvalue weighted by molar-refractivity contribution is 0.340. The van der Waals surface area contributed by atoms with Crippen LogP contribution in [0.5, 0.6) is 17.2 Å². The number of para-hydroxylation sites is 1. The Kier molecular flexibility index (Phi) is 5.92. The molecule has 0 atom stereocenters. The highest BCUT2D eigenvalue weighted by atomic mass is 35.5. The van der Waals surface area contributed by atoms with E-state index in [0.29, 0.717) is 11.6 Å². The van der Waals surface area contributed by atoms with Crippen LogP contribution in [-0.2, 0) is 0 Å². The maximum absolute atomic E-state index is 6.08. The molecule has 0 N–H and O–H groups in total. The number of halogens is 1. The van der Waals surface area contributed by atoms with Crippen LogP contribution in [0.4, 0.5) is 5.69 Å². The molecule has 0 saturated heterocycles. The average molecular weight is 366 g/mol. The first kappa shape index (κ1) is 18.0. The zero-order valence-corrected chi connectivity index (χ0v) is 15.5. The van der Waals surface area contributed by atoms with Crippen LogP contribution in [0.3, 0.4) is 0 Å². The van der Waals surface area contributed by atoms with Gasteiger partial charge in [0.1, 0.15) is 17.2 Å². The zero-order valence-electron chi connectivity index (χ0n) is 14.8. The largest absolute Gasteiger partial charge is 0.493 e. The maximum Gasteiger partial charge on any atom is 0.130 e. The van der Waals surface area contributed by atoms with E-state index >= 15 is 0 Å². The Morgan fingerprint density at radius 1 is 0.962 bits per heavy atom. The van der Waals surface area contributed by atoms with Gasteiger partial charge in [0.15, 0.2) is 0 Å². The van der Waals surface area contributed by atoms with Gasteiger partial charge in [-0.25, -0.2) is 0 Å². The van der Waals surface area contributed by atoms with Crippen LogP contribution in [-0.4, -0.2) is 12.8 Å². The van der Waals surface area contributed by atoms with Crippen molar-refractivity contribution in [3.05, 3.63) is 82.9 Å². The molecule has 0 aliphatic carbocycles. The molecule has 0 saturated carbocycles. The van der Waals surface area contributed by atoms with Crippen molar-refractivity contribution in [1.82, 2.24) is 0 Å². The van der Waals surface area contributed by atoms with Crippen molar-refractivity contribution in [2.75, 3.05) is 6.61 Å². The SMILES string of the molecule is CCOc1ccc(Cl)cc1C=Nc1ccc(Oc2ccccc2C)cc1. The summed E-state index contributed by atoms with van der Waals surface area (Å²) in [6, 6.07) is 21.1. The summed E-state index contributed by atoms with van der Waals surface area (Å²) in [5.41, 5.74) is 2.77. The summed E-state index contributed by atoms with van der Waals surface area (Å²) in [4.78, 5) is 4.51. The molecule has 0 aliphatic heterocycles. The lowest BCUT2D eigenvalue weighted by Gasteiger charge is -2.08. The summed E-state index contributed by atoms with van der Waals surface area (Å²) < 4.78 is 11.5. The fourth-order valence-electron chi connectivity index (χ4n) is 2.45. The summed E-state index contributed by atoms with van der Waals surface area (Å²) >= 11 is 6.08. The second-order valence-electron chi connectivity index (χ2n) is 5.73. The Balaban J connectivity index is 1.74. The van der Waals surface area contributed by atoms with Crippen molar-refractivity contribution >= 4 is 23.5 Å². The minimum atomic E-state index is 0.591. The first-order chi connectivity index (χ1) is 12.7. The lowest BCUT2D eigenvalue weighted by Crippen LogP contribution is -1.95. The zero-order chi connectivity index (χ0) is 18.4. The molecule has 3 rings (SSSR count). The minimum Gasteiger partial charge on any atom is -0.493 e. The van der Waals surface area contributed by atoms with Gasteiger partial charge >= 0.3 is 0 Å². The van der Waals surface area contributed by atoms with Crippen LogP contribution >= 0.6 is 11.6 Å². The summed E-state index contributed by atoms with van der Waals surface area (Å²) in [6.07, 6.45) is 1.76. The van der Waals surface area contributed by atoms with Gasteiger partial charge in [0.25, 0.3) is 0 Å². The van der Waals surface area contributed by atoms with Gasteiger partial charge in [-0.05, 0) is 67.9 Å². The summed E-state index contributed by atoms with van der Waals surface area (Å²) in [6.45, 7) is 4.56. The van der Waals surface area contributed by atoms with E-state index in [1.54, 1.807) is 6.21 Å². The smallest absolute Gasteiger partial charge is 0.130 e. The summed E-state index contributed by atoms with van der Waals surface area (Å²) in [5, 5.41) is 0.650. The molecule has 0 amide bonds. The third-order valence-corrected chi connectivity index (χ3v) is 4.02. The number of aliphatic imine (C=N–C) groups is 1. The van der Waals surface area contributed by atoms with Gasteiger partial charge in [-0.2, -0.15) is 0 Å². The van der Waals surface area contributed by atoms with E-state index < -0.39 is 0 Å².